The summed E-state index contributed by atoms with van der Waals surface area (Å²) in [5.74, 6) is 0.616. The molecule has 0 saturated carbocycles. The Morgan fingerprint density at radius 2 is 2.00 bits per heavy atom. The van der Waals surface area contributed by atoms with Crippen molar-refractivity contribution in [1.29, 1.82) is 5.26 Å². The molecule has 5 heteroatoms. The molecular weight excluding hydrogens is 242 g/mol. The minimum atomic E-state index is 0.00251. The van der Waals surface area contributed by atoms with Crippen molar-refractivity contribution in [1.82, 2.24) is 0 Å². The number of benzene rings is 1. The Labute approximate surface area is 113 Å². The fourth-order valence-electron chi connectivity index (χ4n) is 1.58. The van der Waals surface area contributed by atoms with E-state index in [1.807, 2.05) is 6.07 Å². The summed E-state index contributed by atoms with van der Waals surface area (Å²) in [5.41, 5.74) is 6.12. The number of hydrogen-bond acceptors (Lipinski definition) is 4. The SMILES string of the molecule is N#CCOc1ccc(NC(=O)CCCCCN)cc1. The first-order valence-corrected chi connectivity index (χ1v) is 6.36. The zero-order valence-corrected chi connectivity index (χ0v) is 10.9. The first-order valence-electron chi connectivity index (χ1n) is 6.36. The number of ether oxygens (including phenoxy) is 1. The molecule has 0 bridgehead atoms. The Morgan fingerprint density at radius 3 is 2.63 bits per heavy atom. The van der Waals surface area contributed by atoms with Crippen LogP contribution in [0.2, 0.25) is 0 Å². The van der Waals surface area contributed by atoms with Crippen molar-refractivity contribution in [3.05, 3.63) is 24.3 Å². The number of anilines is 1. The van der Waals surface area contributed by atoms with Crippen LogP contribution < -0.4 is 15.8 Å². The molecule has 0 aliphatic heterocycles. The molecule has 0 aliphatic rings. The summed E-state index contributed by atoms with van der Waals surface area (Å²) in [6.07, 6.45) is 3.29. The largest absolute Gasteiger partial charge is 0.479 e. The normalized spacial score (nSPS) is 9.68. The standard InChI is InChI=1S/C14H19N3O2/c15-9-3-1-2-4-14(18)17-12-5-7-13(8-6-12)19-11-10-16/h5-8H,1-4,9,11,15H2,(H,17,18). The van der Waals surface area contributed by atoms with Crippen LogP contribution in [0.4, 0.5) is 5.69 Å². The van der Waals surface area contributed by atoms with Crippen molar-refractivity contribution < 1.29 is 9.53 Å². The molecule has 0 heterocycles. The topological polar surface area (TPSA) is 88.1 Å². The van der Waals surface area contributed by atoms with Crippen LogP contribution in [0.5, 0.6) is 5.75 Å². The van der Waals surface area contributed by atoms with Gasteiger partial charge in [-0.2, -0.15) is 5.26 Å². The monoisotopic (exact) mass is 261 g/mol. The fraction of sp³-hybridized carbons (Fsp3) is 0.429. The van der Waals surface area contributed by atoms with Gasteiger partial charge in [-0.3, -0.25) is 4.79 Å². The molecule has 1 aromatic rings. The first kappa shape index (κ1) is 15.0. The second-order valence-electron chi connectivity index (χ2n) is 4.12. The van der Waals surface area contributed by atoms with Crippen molar-refractivity contribution in [2.75, 3.05) is 18.5 Å². The molecule has 0 radical (unpaired) electrons. The van der Waals surface area contributed by atoms with E-state index in [0.717, 1.165) is 24.9 Å². The summed E-state index contributed by atoms with van der Waals surface area (Å²) < 4.78 is 5.12. The van der Waals surface area contributed by atoms with Crippen LogP contribution in [0.25, 0.3) is 0 Å². The molecule has 1 aromatic carbocycles. The summed E-state index contributed by atoms with van der Waals surface area (Å²) in [5, 5.41) is 11.2. The van der Waals surface area contributed by atoms with Crippen molar-refractivity contribution in [3.8, 4) is 11.8 Å². The predicted octanol–water partition coefficient (Wildman–Crippen LogP) is 2.05. The first-order chi connectivity index (χ1) is 9.26. The fourth-order valence-corrected chi connectivity index (χ4v) is 1.58. The second-order valence-corrected chi connectivity index (χ2v) is 4.12. The highest BCUT2D eigenvalue weighted by Crippen LogP contribution is 2.16. The van der Waals surface area contributed by atoms with Crippen molar-refractivity contribution in [2.45, 2.75) is 25.7 Å². The summed E-state index contributed by atoms with van der Waals surface area (Å²) in [6.45, 7) is 0.693. The average molecular weight is 261 g/mol. The maximum atomic E-state index is 11.6. The minimum absolute atomic E-state index is 0.00251. The smallest absolute Gasteiger partial charge is 0.224 e. The molecule has 0 fully saturated rings. The van der Waals surface area contributed by atoms with Gasteiger partial charge in [0.2, 0.25) is 5.91 Å². The predicted molar refractivity (Wildman–Crippen MR) is 73.7 cm³/mol. The number of nitriles is 1. The van der Waals surface area contributed by atoms with E-state index in [-0.39, 0.29) is 12.5 Å². The van der Waals surface area contributed by atoms with E-state index in [1.54, 1.807) is 24.3 Å². The van der Waals surface area contributed by atoms with E-state index < -0.39 is 0 Å². The van der Waals surface area contributed by atoms with E-state index >= 15 is 0 Å². The molecule has 0 atom stereocenters. The van der Waals surface area contributed by atoms with Gasteiger partial charge in [0, 0.05) is 12.1 Å². The van der Waals surface area contributed by atoms with Crippen LogP contribution in [0.15, 0.2) is 24.3 Å². The molecule has 1 rings (SSSR count). The maximum absolute atomic E-state index is 11.6. The lowest BCUT2D eigenvalue weighted by atomic mass is 10.2. The van der Waals surface area contributed by atoms with E-state index in [9.17, 15) is 4.79 Å². The zero-order valence-electron chi connectivity index (χ0n) is 10.9. The molecule has 0 unspecified atom stereocenters. The number of unbranched alkanes of at least 4 members (excludes halogenated alkanes) is 2. The molecular formula is C14H19N3O2. The van der Waals surface area contributed by atoms with E-state index in [2.05, 4.69) is 5.32 Å². The highest BCUT2D eigenvalue weighted by molar-refractivity contribution is 5.90. The van der Waals surface area contributed by atoms with Gasteiger partial charge in [-0.1, -0.05) is 6.42 Å². The van der Waals surface area contributed by atoms with Crippen molar-refractivity contribution in [3.63, 3.8) is 0 Å². The minimum Gasteiger partial charge on any atom is -0.479 e. The van der Waals surface area contributed by atoms with Gasteiger partial charge in [-0.25, -0.2) is 0 Å². The number of amides is 1. The number of nitrogens with two attached hydrogens (primary N) is 1. The molecule has 0 spiro atoms. The Morgan fingerprint density at radius 1 is 1.26 bits per heavy atom. The highest BCUT2D eigenvalue weighted by Gasteiger charge is 2.02. The third-order valence-corrected chi connectivity index (χ3v) is 2.55. The van der Waals surface area contributed by atoms with E-state index in [4.69, 9.17) is 15.7 Å². The van der Waals surface area contributed by atoms with Crippen LogP contribution in [0.3, 0.4) is 0 Å². The molecule has 3 N–H and O–H groups in total. The number of nitrogens with one attached hydrogen (secondary N) is 1. The van der Waals surface area contributed by atoms with Gasteiger partial charge >= 0.3 is 0 Å². The number of carbonyl (C=O) groups is 1. The van der Waals surface area contributed by atoms with Crippen molar-refractivity contribution in [2.24, 2.45) is 5.73 Å². The molecule has 19 heavy (non-hydrogen) atoms. The Hall–Kier alpha value is -2.06. The van der Waals surface area contributed by atoms with Gasteiger partial charge < -0.3 is 15.8 Å². The van der Waals surface area contributed by atoms with Gasteiger partial charge in [0.25, 0.3) is 0 Å². The van der Waals surface area contributed by atoms with Gasteiger partial charge in [0.15, 0.2) is 6.61 Å². The van der Waals surface area contributed by atoms with Crippen LogP contribution in [0, 0.1) is 11.3 Å². The number of rotatable bonds is 8. The lowest BCUT2D eigenvalue weighted by Crippen LogP contribution is -2.11. The van der Waals surface area contributed by atoms with Gasteiger partial charge in [0.1, 0.15) is 11.8 Å². The molecule has 0 aromatic heterocycles. The van der Waals surface area contributed by atoms with Crippen LogP contribution in [-0.4, -0.2) is 19.1 Å². The average Bonchev–Trinajstić information content (AvgIpc) is 2.43. The van der Waals surface area contributed by atoms with E-state index in [0.29, 0.717) is 18.7 Å². The summed E-state index contributed by atoms with van der Waals surface area (Å²) in [4.78, 5) is 11.6. The third kappa shape index (κ3) is 6.43. The Bertz CT molecular complexity index is 423. The molecule has 0 aliphatic carbocycles. The zero-order chi connectivity index (χ0) is 13.9. The molecule has 1 amide bonds. The summed E-state index contributed by atoms with van der Waals surface area (Å²) >= 11 is 0. The summed E-state index contributed by atoms with van der Waals surface area (Å²) in [7, 11) is 0. The number of nitrogens with zero attached hydrogens (tertiary/aromatic N) is 1. The second kappa shape index (κ2) is 8.95. The van der Waals surface area contributed by atoms with Gasteiger partial charge in [-0.15, -0.1) is 0 Å². The Balaban J connectivity index is 2.32. The number of hydrogen-bond donors (Lipinski definition) is 2. The van der Waals surface area contributed by atoms with Crippen LogP contribution in [-0.2, 0) is 4.79 Å². The lowest BCUT2D eigenvalue weighted by molar-refractivity contribution is -0.116. The summed E-state index contributed by atoms with van der Waals surface area (Å²) in [6, 6.07) is 8.85. The quantitative estimate of drug-likeness (QED) is 0.701. The Kier molecular flexibility index (Phi) is 7.06. The van der Waals surface area contributed by atoms with Gasteiger partial charge in [-0.05, 0) is 43.7 Å². The highest BCUT2D eigenvalue weighted by atomic mass is 16.5. The maximum Gasteiger partial charge on any atom is 0.224 e. The van der Waals surface area contributed by atoms with Gasteiger partial charge in [0.05, 0.1) is 0 Å². The van der Waals surface area contributed by atoms with E-state index in [1.165, 1.54) is 0 Å². The lowest BCUT2D eigenvalue weighted by Gasteiger charge is -2.06. The van der Waals surface area contributed by atoms with Crippen LogP contribution in [0.1, 0.15) is 25.7 Å². The molecule has 0 saturated heterocycles. The molecule has 102 valence electrons. The number of carbonyl (C=O) groups excluding carboxylic acids is 1. The third-order valence-electron chi connectivity index (χ3n) is 2.55. The molecule has 5 nitrogen and oxygen atoms in total. The van der Waals surface area contributed by atoms with Crippen molar-refractivity contribution >= 4 is 11.6 Å². The van der Waals surface area contributed by atoms with Crippen LogP contribution >= 0.6 is 0 Å².